The van der Waals surface area contributed by atoms with Gasteiger partial charge in [0.05, 0.1) is 20.3 Å². The van der Waals surface area contributed by atoms with Crippen molar-refractivity contribution < 1.29 is 23.8 Å². The molecule has 0 unspecified atom stereocenters. The first-order chi connectivity index (χ1) is 10.5. The highest BCUT2D eigenvalue weighted by Crippen LogP contribution is 2.29. The minimum atomic E-state index is -0.696. The van der Waals surface area contributed by atoms with E-state index in [0.29, 0.717) is 5.56 Å². The van der Waals surface area contributed by atoms with Gasteiger partial charge in [0.15, 0.2) is 11.5 Å². The third-order valence-electron chi connectivity index (χ3n) is 2.47. The second-order valence-electron chi connectivity index (χ2n) is 3.90. The molecule has 22 heavy (non-hydrogen) atoms. The summed E-state index contributed by atoms with van der Waals surface area (Å²) in [4.78, 5) is 25.9. The number of rotatable bonds is 6. The predicted molar refractivity (Wildman–Crippen MR) is 80.0 cm³/mol. The number of hydrogen-bond acceptors (Lipinski definition) is 5. The van der Waals surface area contributed by atoms with Gasteiger partial charge in [-0.2, -0.15) is 0 Å². The monoisotopic (exact) mass is 301 g/mol. The third kappa shape index (κ3) is 4.49. The van der Waals surface area contributed by atoms with Crippen LogP contribution in [0.5, 0.6) is 11.5 Å². The molecule has 0 aliphatic heterocycles. The number of carbonyl (C=O) groups excluding carboxylic acids is 2. The van der Waals surface area contributed by atoms with Gasteiger partial charge in [0.25, 0.3) is 5.70 Å². The predicted octanol–water partition coefficient (Wildman–Crippen LogP) is 2.61. The minimum absolute atomic E-state index is 0.153. The number of benzene rings is 1. The SMILES string of the molecule is [C-]#[N+]/C(=C\c1ccc(OC(=O)C=C)c(OC)c1)C(=O)OCC. The van der Waals surface area contributed by atoms with E-state index in [1.54, 1.807) is 13.0 Å². The Kier molecular flexibility index (Phi) is 6.38. The van der Waals surface area contributed by atoms with Gasteiger partial charge in [0.2, 0.25) is 0 Å². The van der Waals surface area contributed by atoms with Gasteiger partial charge in [-0.05, 0) is 30.7 Å². The van der Waals surface area contributed by atoms with Crippen molar-refractivity contribution in [3.05, 3.63) is 53.5 Å². The molecule has 1 aromatic carbocycles. The van der Waals surface area contributed by atoms with Crippen molar-refractivity contribution >= 4 is 18.0 Å². The minimum Gasteiger partial charge on any atom is -0.493 e. The van der Waals surface area contributed by atoms with Gasteiger partial charge in [-0.25, -0.2) is 9.64 Å². The Balaban J connectivity index is 3.12. The number of methoxy groups -OCH3 is 1. The smallest absolute Gasteiger partial charge is 0.336 e. The van der Waals surface area contributed by atoms with Crippen LogP contribution in [0.3, 0.4) is 0 Å². The quantitative estimate of drug-likeness (QED) is 0.350. The van der Waals surface area contributed by atoms with Crippen molar-refractivity contribution in [1.29, 1.82) is 0 Å². The van der Waals surface area contributed by atoms with E-state index in [9.17, 15) is 9.59 Å². The Hall–Kier alpha value is -3.07. The molecular weight excluding hydrogens is 286 g/mol. The molecule has 6 nitrogen and oxygen atoms in total. The summed E-state index contributed by atoms with van der Waals surface area (Å²) in [5.41, 5.74) is 0.383. The van der Waals surface area contributed by atoms with Crippen molar-refractivity contribution in [3.8, 4) is 11.5 Å². The number of esters is 2. The number of ether oxygens (including phenoxy) is 3. The van der Waals surface area contributed by atoms with Crippen LogP contribution in [0.15, 0.2) is 36.6 Å². The lowest BCUT2D eigenvalue weighted by atomic mass is 10.1. The van der Waals surface area contributed by atoms with Gasteiger partial charge in [0.1, 0.15) is 0 Å². The second-order valence-corrected chi connectivity index (χ2v) is 3.90. The fraction of sp³-hybridized carbons (Fsp3) is 0.188. The van der Waals surface area contributed by atoms with E-state index in [2.05, 4.69) is 11.4 Å². The van der Waals surface area contributed by atoms with Crippen LogP contribution in [0.4, 0.5) is 0 Å². The van der Waals surface area contributed by atoms with E-state index in [1.165, 1.54) is 25.3 Å². The average Bonchev–Trinajstić information content (AvgIpc) is 2.53. The molecular formula is C16H15NO5. The topological polar surface area (TPSA) is 66.2 Å². The molecule has 0 aromatic heterocycles. The molecule has 0 saturated carbocycles. The van der Waals surface area contributed by atoms with E-state index in [4.69, 9.17) is 20.8 Å². The van der Waals surface area contributed by atoms with Crippen LogP contribution in [0, 0.1) is 6.57 Å². The summed E-state index contributed by atoms with van der Waals surface area (Å²) in [6, 6.07) is 4.62. The molecule has 0 N–H and O–H groups in total. The third-order valence-corrected chi connectivity index (χ3v) is 2.47. The zero-order chi connectivity index (χ0) is 16.5. The van der Waals surface area contributed by atoms with E-state index >= 15 is 0 Å². The maximum Gasteiger partial charge on any atom is 0.336 e. The fourth-order valence-corrected chi connectivity index (χ4v) is 1.51. The highest BCUT2D eigenvalue weighted by Gasteiger charge is 2.12. The number of hydrogen-bond donors (Lipinski definition) is 0. The lowest BCUT2D eigenvalue weighted by molar-refractivity contribution is -0.138. The van der Waals surface area contributed by atoms with Crippen molar-refractivity contribution in [3.63, 3.8) is 0 Å². The van der Waals surface area contributed by atoms with E-state index in [1.807, 2.05) is 0 Å². The number of carbonyl (C=O) groups is 2. The first-order valence-electron chi connectivity index (χ1n) is 6.34. The van der Waals surface area contributed by atoms with Crippen LogP contribution >= 0.6 is 0 Å². The Morgan fingerprint density at radius 2 is 2.09 bits per heavy atom. The molecule has 6 heteroatoms. The summed E-state index contributed by atoms with van der Waals surface area (Å²) < 4.78 is 14.9. The lowest BCUT2D eigenvalue weighted by Gasteiger charge is -2.09. The second kappa shape index (κ2) is 8.27. The Morgan fingerprint density at radius 1 is 1.36 bits per heavy atom. The summed E-state index contributed by atoms with van der Waals surface area (Å²) in [6.45, 7) is 12.2. The molecule has 1 aromatic rings. The molecule has 0 amide bonds. The average molecular weight is 301 g/mol. The highest BCUT2D eigenvalue weighted by molar-refractivity contribution is 5.95. The van der Waals surface area contributed by atoms with Crippen molar-refractivity contribution in [1.82, 2.24) is 0 Å². The summed E-state index contributed by atoms with van der Waals surface area (Å²) in [5.74, 6) is -0.809. The van der Waals surface area contributed by atoms with Gasteiger partial charge in [0, 0.05) is 6.08 Å². The van der Waals surface area contributed by atoms with Crippen LogP contribution < -0.4 is 9.47 Å². The van der Waals surface area contributed by atoms with Gasteiger partial charge in [-0.1, -0.05) is 12.6 Å². The summed E-state index contributed by atoms with van der Waals surface area (Å²) in [5, 5.41) is 0. The highest BCUT2D eigenvalue weighted by atomic mass is 16.6. The molecule has 114 valence electrons. The molecule has 0 radical (unpaired) electrons. The molecule has 0 heterocycles. The Bertz CT molecular complexity index is 655. The zero-order valence-corrected chi connectivity index (χ0v) is 12.3. The zero-order valence-electron chi connectivity index (χ0n) is 12.3. The lowest BCUT2D eigenvalue weighted by Crippen LogP contribution is -2.05. The van der Waals surface area contributed by atoms with E-state index in [-0.39, 0.29) is 23.8 Å². The van der Waals surface area contributed by atoms with E-state index in [0.717, 1.165) is 6.08 Å². The van der Waals surface area contributed by atoms with Crippen molar-refractivity contribution in [2.75, 3.05) is 13.7 Å². The largest absolute Gasteiger partial charge is 0.493 e. The molecule has 0 saturated heterocycles. The summed E-state index contributed by atoms with van der Waals surface area (Å²) >= 11 is 0. The number of nitrogens with zero attached hydrogens (tertiary/aromatic N) is 1. The van der Waals surface area contributed by atoms with Gasteiger partial charge in [-0.3, -0.25) is 4.79 Å². The molecule has 0 aliphatic rings. The van der Waals surface area contributed by atoms with Crippen LogP contribution in [-0.4, -0.2) is 25.7 Å². The molecule has 0 spiro atoms. The summed E-state index contributed by atoms with van der Waals surface area (Å²) in [6.07, 6.45) is 2.40. The van der Waals surface area contributed by atoms with Crippen molar-refractivity contribution in [2.45, 2.75) is 6.92 Å². The van der Waals surface area contributed by atoms with Gasteiger partial charge >= 0.3 is 11.9 Å². The van der Waals surface area contributed by atoms with E-state index < -0.39 is 11.9 Å². The first kappa shape index (κ1) is 17.0. The maximum absolute atomic E-state index is 11.6. The standard InChI is InChI=1S/C16H15NO5/c1-5-15(18)22-13-8-7-11(10-14(13)20-4)9-12(17-3)16(19)21-6-2/h5,7-10H,1,6H2,2,4H3/b12-9-. The first-order valence-corrected chi connectivity index (χ1v) is 6.34. The molecule has 1 rings (SSSR count). The molecule has 0 atom stereocenters. The summed E-state index contributed by atoms with van der Waals surface area (Å²) in [7, 11) is 1.41. The molecule has 0 bridgehead atoms. The van der Waals surface area contributed by atoms with Crippen LogP contribution in [0.2, 0.25) is 0 Å². The van der Waals surface area contributed by atoms with Gasteiger partial charge in [-0.15, -0.1) is 0 Å². The van der Waals surface area contributed by atoms with Crippen LogP contribution in [0.25, 0.3) is 10.9 Å². The fourth-order valence-electron chi connectivity index (χ4n) is 1.51. The molecule has 0 aliphatic carbocycles. The van der Waals surface area contributed by atoms with Crippen LogP contribution in [0.1, 0.15) is 12.5 Å². The van der Waals surface area contributed by atoms with Crippen molar-refractivity contribution in [2.24, 2.45) is 0 Å². The Labute approximate surface area is 128 Å². The Morgan fingerprint density at radius 3 is 2.64 bits per heavy atom. The van der Waals surface area contributed by atoms with Crippen LogP contribution in [-0.2, 0) is 14.3 Å². The normalized spacial score (nSPS) is 10.3. The maximum atomic E-state index is 11.6. The van der Waals surface area contributed by atoms with Gasteiger partial charge < -0.3 is 14.2 Å². The molecule has 0 fully saturated rings.